The predicted molar refractivity (Wildman–Crippen MR) is 95.7 cm³/mol. The van der Waals surface area contributed by atoms with Crippen molar-refractivity contribution in [1.29, 1.82) is 0 Å². The number of benzene rings is 1. The third-order valence-electron chi connectivity index (χ3n) is 3.96. The van der Waals surface area contributed by atoms with Gasteiger partial charge >= 0.3 is 0 Å². The van der Waals surface area contributed by atoms with Crippen LogP contribution in [0.2, 0.25) is 0 Å². The van der Waals surface area contributed by atoms with Crippen molar-refractivity contribution in [2.24, 2.45) is 0 Å². The van der Waals surface area contributed by atoms with E-state index in [-0.39, 0.29) is 36.2 Å². The van der Waals surface area contributed by atoms with E-state index in [9.17, 15) is 18.0 Å². The van der Waals surface area contributed by atoms with Gasteiger partial charge in [0.25, 0.3) is 10.1 Å². The minimum Gasteiger partial charge on any atom is -0.273 e. The number of hydrazine groups is 1. The van der Waals surface area contributed by atoms with Gasteiger partial charge in [-0.2, -0.15) is 19.8 Å². The first-order valence-electron chi connectivity index (χ1n) is 7.94. The fourth-order valence-corrected chi connectivity index (χ4v) is 4.07. The van der Waals surface area contributed by atoms with Crippen LogP contribution in [-0.2, 0) is 30.3 Å². The Bertz CT molecular complexity index is 892. The van der Waals surface area contributed by atoms with Crippen molar-refractivity contribution in [3.05, 3.63) is 52.2 Å². The third kappa shape index (κ3) is 4.29. The molecule has 1 atom stereocenters. The van der Waals surface area contributed by atoms with Gasteiger partial charge in [-0.05, 0) is 41.4 Å². The lowest BCUT2D eigenvalue weighted by Gasteiger charge is -2.39. The van der Waals surface area contributed by atoms with Crippen LogP contribution in [0.25, 0.3) is 0 Å². The van der Waals surface area contributed by atoms with E-state index in [0.717, 1.165) is 16.1 Å². The zero-order valence-corrected chi connectivity index (χ0v) is 15.7. The second-order valence-electron chi connectivity index (χ2n) is 6.02. The lowest BCUT2D eigenvalue weighted by molar-refractivity contribution is -0.158. The largest absolute Gasteiger partial charge is 0.297 e. The quantitative estimate of drug-likeness (QED) is 0.569. The Labute approximate surface area is 155 Å². The van der Waals surface area contributed by atoms with Crippen LogP contribution in [0, 0.1) is 6.92 Å². The summed E-state index contributed by atoms with van der Waals surface area (Å²) in [4.78, 5) is 23.8. The van der Waals surface area contributed by atoms with Gasteiger partial charge in [0.05, 0.1) is 30.4 Å². The van der Waals surface area contributed by atoms with Gasteiger partial charge in [0, 0.05) is 0 Å². The standard InChI is InChI=1S/C17H18N2O5S2/c1-12-2-4-15(5-3-12)26(22,23)24-10-14-9-17(21)19(14)18-16(20)8-13-6-7-25-11-13/h2-7,11,14H,8-10H2,1H3,(H,18,20). The van der Waals surface area contributed by atoms with Crippen LogP contribution >= 0.6 is 11.3 Å². The van der Waals surface area contributed by atoms with Crippen molar-refractivity contribution >= 4 is 33.3 Å². The molecule has 1 saturated heterocycles. The SMILES string of the molecule is Cc1ccc(S(=O)(=O)OCC2CC(=O)N2NC(=O)Cc2ccsc2)cc1. The van der Waals surface area contributed by atoms with Crippen molar-refractivity contribution in [2.45, 2.75) is 30.7 Å². The molecule has 2 aromatic rings. The number of carbonyl (C=O) groups is 2. The molecule has 1 fully saturated rings. The molecular formula is C17H18N2O5S2. The van der Waals surface area contributed by atoms with Crippen molar-refractivity contribution in [2.75, 3.05) is 6.61 Å². The number of amides is 2. The summed E-state index contributed by atoms with van der Waals surface area (Å²) < 4.78 is 29.5. The van der Waals surface area contributed by atoms with Crippen LogP contribution in [0.1, 0.15) is 17.5 Å². The highest BCUT2D eigenvalue weighted by Crippen LogP contribution is 2.20. The highest BCUT2D eigenvalue weighted by molar-refractivity contribution is 7.86. The van der Waals surface area contributed by atoms with Crippen LogP contribution in [0.15, 0.2) is 46.0 Å². The molecule has 7 nitrogen and oxygen atoms in total. The molecule has 1 aromatic heterocycles. The van der Waals surface area contributed by atoms with Gasteiger partial charge in [0.1, 0.15) is 0 Å². The van der Waals surface area contributed by atoms with E-state index in [4.69, 9.17) is 4.18 Å². The molecule has 0 aliphatic carbocycles. The first-order chi connectivity index (χ1) is 12.3. The second-order valence-corrected chi connectivity index (χ2v) is 8.41. The Kier molecular flexibility index (Phi) is 5.40. The Balaban J connectivity index is 1.55. The highest BCUT2D eigenvalue weighted by atomic mass is 32.2. The maximum Gasteiger partial charge on any atom is 0.297 e. The maximum absolute atomic E-state index is 12.2. The van der Waals surface area contributed by atoms with Crippen LogP contribution in [0.4, 0.5) is 0 Å². The molecule has 2 heterocycles. The van der Waals surface area contributed by atoms with Crippen LogP contribution in [0.5, 0.6) is 0 Å². The minimum absolute atomic E-state index is 0.0572. The fourth-order valence-electron chi connectivity index (χ4n) is 2.46. The summed E-state index contributed by atoms with van der Waals surface area (Å²) in [7, 11) is -3.91. The summed E-state index contributed by atoms with van der Waals surface area (Å²) >= 11 is 1.48. The van der Waals surface area contributed by atoms with Gasteiger partial charge in [0.15, 0.2) is 0 Å². The Morgan fingerprint density at radius 3 is 2.65 bits per heavy atom. The number of nitrogens with one attached hydrogen (secondary N) is 1. The van der Waals surface area contributed by atoms with Crippen molar-refractivity contribution in [3.8, 4) is 0 Å². The molecule has 3 rings (SSSR count). The molecule has 1 aliphatic rings. The smallest absolute Gasteiger partial charge is 0.273 e. The average molecular weight is 394 g/mol. The molecule has 1 unspecified atom stereocenters. The van der Waals surface area contributed by atoms with Crippen LogP contribution in [0.3, 0.4) is 0 Å². The number of hydrogen-bond acceptors (Lipinski definition) is 6. The van der Waals surface area contributed by atoms with Gasteiger partial charge in [-0.1, -0.05) is 17.7 Å². The van der Waals surface area contributed by atoms with Crippen molar-refractivity contribution in [3.63, 3.8) is 0 Å². The molecule has 138 valence electrons. The first kappa shape index (κ1) is 18.6. The number of carbonyl (C=O) groups excluding carboxylic acids is 2. The fraction of sp³-hybridized carbons (Fsp3) is 0.294. The Morgan fingerprint density at radius 1 is 1.31 bits per heavy atom. The van der Waals surface area contributed by atoms with Crippen LogP contribution in [-0.4, -0.2) is 37.9 Å². The van der Waals surface area contributed by atoms with E-state index in [1.807, 2.05) is 23.8 Å². The molecule has 26 heavy (non-hydrogen) atoms. The Morgan fingerprint density at radius 2 is 2.04 bits per heavy atom. The number of β-lactam (4-membered cyclic amide) rings is 1. The molecule has 0 radical (unpaired) electrons. The van der Waals surface area contributed by atoms with E-state index in [1.54, 1.807) is 12.1 Å². The third-order valence-corrected chi connectivity index (χ3v) is 5.99. The maximum atomic E-state index is 12.2. The van der Waals surface area contributed by atoms with E-state index in [1.165, 1.54) is 23.5 Å². The summed E-state index contributed by atoms with van der Waals surface area (Å²) in [5.74, 6) is -0.604. The van der Waals surface area contributed by atoms with Gasteiger partial charge in [-0.15, -0.1) is 0 Å². The Hall–Kier alpha value is -2.23. The van der Waals surface area contributed by atoms with E-state index in [0.29, 0.717) is 0 Å². The number of aryl methyl sites for hydroxylation is 1. The zero-order chi connectivity index (χ0) is 18.7. The second kappa shape index (κ2) is 7.56. The molecule has 1 aromatic carbocycles. The summed E-state index contributed by atoms with van der Waals surface area (Å²) in [5.41, 5.74) is 4.31. The van der Waals surface area contributed by atoms with E-state index >= 15 is 0 Å². The van der Waals surface area contributed by atoms with Crippen LogP contribution < -0.4 is 5.43 Å². The molecule has 1 aliphatic heterocycles. The number of rotatable bonds is 7. The molecular weight excluding hydrogens is 376 g/mol. The molecule has 0 spiro atoms. The molecule has 1 N–H and O–H groups in total. The summed E-state index contributed by atoms with van der Waals surface area (Å²) in [5, 5.41) is 4.86. The number of thiophene rings is 1. The first-order valence-corrected chi connectivity index (χ1v) is 10.3. The number of nitrogens with zero attached hydrogens (tertiary/aromatic N) is 1. The normalized spacial score (nSPS) is 17.0. The zero-order valence-electron chi connectivity index (χ0n) is 14.0. The topological polar surface area (TPSA) is 92.8 Å². The van der Waals surface area contributed by atoms with Crippen molar-refractivity contribution in [1.82, 2.24) is 10.4 Å². The highest BCUT2D eigenvalue weighted by Gasteiger charge is 2.38. The van der Waals surface area contributed by atoms with Crippen molar-refractivity contribution < 1.29 is 22.2 Å². The number of hydrogen-bond donors (Lipinski definition) is 1. The minimum atomic E-state index is -3.91. The lowest BCUT2D eigenvalue weighted by atomic mass is 10.1. The summed E-state index contributed by atoms with van der Waals surface area (Å²) in [6.45, 7) is 1.65. The predicted octanol–water partition coefficient (Wildman–Crippen LogP) is 1.64. The van der Waals surface area contributed by atoms with Gasteiger partial charge in [0.2, 0.25) is 11.8 Å². The summed E-state index contributed by atoms with van der Waals surface area (Å²) in [6.07, 6.45) is 0.282. The van der Waals surface area contributed by atoms with Gasteiger partial charge in [-0.25, -0.2) is 5.01 Å². The van der Waals surface area contributed by atoms with E-state index in [2.05, 4.69) is 5.43 Å². The van der Waals surface area contributed by atoms with E-state index < -0.39 is 16.2 Å². The van der Waals surface area contributed by atoms with Gasteiger partial charge in [-0.3, -0.25) is 19.2 Å². The molecule has 2 amide bonds. The molecule has 0 saturated carbocycles. The summed E-state index contributed by atoms with van der Waals surface area (Å²) in [6, 6.07) is 7.62. The monoisotopic (exact) mass is 394 g/mol. The van der Waals surface area contributed by atoms with Gasteiger partial charge < -0.3 is 0 Å². The molecule has 0 bridgehead atoms. The molecule has 9 heteroatoms. The average Bonchev–Trinajstić information content (AvgIpc) is 3.10. The lowest BCUT2D eigenvalue weighted by Crippen LogP contribution is -2.62.